The van der Waals surface area contributed by atoms with Gasteiger partial charge in [0.05, 0.1) is 36.6 Å². The lowest BCUT2D eigenvalue weighted by atomic mass is 10.1. The molecule has 2 aliphatic rings. The average Bonchev–Trinajstić information content (AvgIpc) is 3.33. The van der Waals surface area contributed by atoms with Crippen molar-refractivity contribution in [1.29, 1.82) is 0 Å². The first-order chi connectivity index (χ1) is 15.0. The van der Waals surface area contributed by atoms with Gasteiger partial charge in [-0.2, -0.15) is 0 Å². The van der Waals surface area contributed by atoms with Gasteiger partial charge in [0.2, 0.25) is 0 Å². The second-order valence-electron chi connectivity index (χ2n) is 7.26. The van der Waals surface area contributed by atoms with Gasteiger partial charge in [-0.25, -0.2) is 14.4 Å². The molecule has 1 unspecified atom stereocenters. The van der Waals surface area contributed by atoms with E-state index in [1.807, 2.05) is 12.1 Å². The number of methoxy groups -OCH3 is 1. The van der Waals surface area contributed by atoms with Crippen LogP contribution in [0.1, 0.15) is 0 Å². The summed E-state index contributed by atoms with van der Waals surface area (Å²) in [6.07, 6.45) is -1.15. The van der Waals surface area contributed by atoms with E-state index in [0.717, 1.165) is 9.86 Å². The number of hydrogen-bond donors (Lipinski definition) is 1. The smallest absolute Gasteiger partial charge is 0.164 e. The van der Waals surface area contributed by atoms with E-state index in [9.17, 15) is 4.39 Å². The zero-order valence-electron chi connectivity index (χ0n) is 16.3. The fraction of sp³-hybridized carbons (Fsp3) is 0.333. The van der Waals surface area contributed by atoms with Gasteiger partial charge < -0.3 is 24.3 Å². The van der Waals surface area contributed by atoms with E-state index >= 15 is 0 Å². The van der Waals surface area contributed by atoms with Crippen molar-refractivity contribution in [2.24, 2.45) is 0 Å². The summed E-state index contributed by atoms with van der Waals surface area (Å²) in [7, 11) is 1.55. The van der Waals surface area contributed by atoms with Gasteiger partial charge in [0.25, 0.3) is 0 Å². The maximum absolute atomic E-state index is 13.9. The molecule has 1 N–H and O–H groups in total. The highest BCUT2D eigenvalue weighted by molar-refractivity contribution is 9.10. The highest BCUT2D eigenvalue weighted by atomic mass is 79.9. The van der Waals surface area contributed by atoms with Gasteiger partial charge in [-0.05, 0) is 24.3 Å². The van der Waals surface area contributed by atoms with Gasteiger partial charge in [0.15, 0.2) is 23.8 Å². The number of nitrogens with one attached hydrogen (secondary N) is 1. The third-order valence-electron chi connectivity index (χ3n) is 5.33. The van der Waals surface area contributed by atoms with E-state index < -0.39 is 24.5 Å². The summed E-state index contributed by atoms with van der Waals surface area (Å²) in [6, 6.07) is 9.09. The molecule has 31 heavy (non-hydrogen) atoms. The summed E-state index contributed by atoms with van der Waals surface area (Å²) >= 11 is 9.73. The van der Waals surface area contributed by atoms with Crippen molar-refractivity contribution in [3.8, 4) is 11.5 Å². The maximum Gasteiger partial charge on any atom is 0.164 e. The highest BCUT2D eigenvalue weighted by Crippen LogP contribution is 2.38. The summed E-state index contributed by atoms with van der Waals surface area (Å²) < 4.78 is 37.4. The zero-order chi connectivity index (χ0) is 21.5. The fourth-order valence-electron chi connectivity index (χ4n) is 3.82. The molecule has 0 amide bonds. The van der Waals surface area contributed by atoms with Gasteiger partial charge in [-0.1, -0.05) is 27.5 Å². The summed E-state index contributed by atoms with van der Waals surface area (Å²) in [6.45, 7) is 0.264. The number of aromatic nitrogens is 2. The summed E-state index contributed by atoms with van der Waals surface area (Å²) in [5.41, 5.74) is 1.35. The Labute approximate surface area is 190 Å². The molecule has 10 heteroatoms. The molecular formula is C21H18BrClFN3O4. The topological polar surface area (TPSA) is 74.7 Å². The lowest BCUT2D eigenvalue weighted by Crippen LogP contribution is -2.33. The van der Waals surface area contributed by atoms with Crippen LogP contribution in [0.25, 0.3) is 10.9 Å². The van der Waals surface area contributed by atoms with Crippen molar-refractivity contribution in [3.63, 3.8) is 0 Å². The van der Waals surface area contributed by atoms with Crippen molar-refractivity contribution in [2.75, 3.05) is 25.6 Å². The Morgan fingerprint density at radius 3 is 2.77 bits per heavy atom. The molecule has 0 spiro atoms. The highest BCUT2D eigenvalue weighted by Gasteiger charge is 2.49. The van der Waals surface area contributed by atoms with Gasteiger partial charge >= 0.3 is 0 Å². The molecule has 4 atom stereocenters. The van der Waals surface area contributed by atoms with Crippen molar-refractivity contribution >= 4 is 49.9 Å². The van der Waals surface area contributed by atoms with Crippen LogP contribution in [0.2, 0.25) is 5.02 Å². The number of nitrogens with zero attached hydrogens (tertiary/aromatic N) is 2. The van der Waals surface area contributed by atoms with E-state index in [0.29, 0.717) is 33.5 Å². The number of benzene rings is 2. The molecule has 0 radical (unpaired) electrons. The lowest BCUT2D eigenvalue weighted by Gasteiger charge is -2.20. The number of rotatable bonds is 5. The van der Waals surface area contributed by atoms with Gasteiger partial charge in [-0.3, -0.25) is 0 Å². The predicted octanol–water partition coefficient (Wildman–Crippen LogP) is 4.68. The number of alkyl halides is 1. The first kappa shape index (κ1) is 20.7. The quantitative estimate of drug-likeness (QED) is 0.534. The predicted molar refractivity (Wildman–Crippen MR) is 117 cm³/mol. The largest absolute Gasteiger partial charge is 0.493 e. The van der Waals surface area contributed by atoms with Crippen LogP contribution in [0.15, 0.2) is 41.1 Å². The third-order valence-corrected chi connectivity index (χ3v) is 6.14. The van der Waals surface area contributed by atoms with Gasteiger partial charge in [-0.15, -0.1) is 0 Å². The van der Waals surface area contributed by atoms with E-state index in [2.05, 4.69) is 31.2 Å². The Morgan fingerprint density at radius 1 is 1.13 bits per heavy atom. The minimum Gasteiger partial charge on any atom is -0.493 e. The second kappa shape index (κ2) is 8.38. The van der Waals surface area contributed by atoms with Crippen LogP contribution < -0.4 is 14.8 Å². The molecular weight excluding hydrogens is 493 g/mol. The SMILES string of the molecule is COc1cc2c(Nc3ccc(Br)cc3Cl)ncnc2cc1OC1CO[C@H]2[C@H](F)CO[C@@H]12. The minimum absolute atomic E-state index is 0.0188. The van der Waals surface area contributed by atoms with Crippen molar-refractivity contribution < 1.29 is 23.3 Å². The Kier molecular flexibility index (Phi) is 5.60. The Balaban J connectivity index is 1.46. The van der Waals surface area contributed by atoms with E-state index in [-0.39, 0.29) is 13.2 Å². The molecule has 3 heterocycles. The summed E-state index contributed by atoms with van der Waals surface area (Å²) in [5, 5.41) is 4.52. The fourth-order valence-corrected chi connectivity index (χ4v) is 4.54. The molecule has 2 fully saturated rings. The minimum atomic E-state index is -1.14. The molecule has 2 aliphatic heterocycles. The normalized spacial score (nSPS) is 24.9. The van der Waals surface area contributed by atoms with Crippen molar-refractivity contribution in [1.82, 2.24) is 9.97 Å². The number of anilines is 2. The Bertz CT molecular complexity index is 1140. The van der Waals surface area contributed by atoms with Crippen LogP contribution >= 0.6 is 27.5 Å². The molecule has 7 nitrogen and oxygen atoms in total. The summed E-state index contributed by atoms with van der Waals surface area (Å²) in [5.74, 6) is 1.54. The third kappa shape index (κ3) is 3.91. The molecule has 0 saturated carbocycles. The molecule has 0 bridgehead atoms. The Morgan fingerprint density at radius 2 is 1.97 bits per heavy atom. The Hall–Kier alpha value is -2.20. The van der Waals surface area contributed by atoms with Crippen LogP contribution in [0.4, 0.5) is 15.9 Å². The standard InChI is InChI=1S/C21H18BrClFN3O4/c1-28-16-5-11-15(6-17(16)31-18-8-30-19-13(24)7-29-20(18)19)25-9-26-21(11)27-14-3-2-10(22)4-12(14)23/h2-6,9,13,18-20H,7-8H2,1H3,(H,25,26,27)/t13-,18?,19+,20+/m1/s1. The first-order valence-corrected chi connectivity index (χ1v) is 10.8. The summed E-state index contributed by atoms with van der Waals surface area (Å²) in [4.78, 5) is 8.71. The molecule has 3 aromatic rings. The number of halogens is 3. The van der Waals surface area contributed by atoms with Gasteiger partial charge in [0.1, 0.15) is 24.4 Å². The second-order valence-corrected chi connectivity index (χ2v) is 8.58. The molecule has 2 aromatic carbocycles. The van der Waals surface area contributed by atoms with Crippen LogP contribution in [0.3, 0.4) is 0 Å². The lowest BCUT2D eigenvalue weighted by molar-refractivity contribution is 0.0271. The number of ether oxygens (including phenoxy) is 4. The molecule has 2 saturated heterocycles. The van der Waals surface area contributed by atoms with Crippen molar-refractivity contribution in [3.05, 3.63) is 46.2 Å². The van der Waals surface area contributed by atoms with Crippen LogP contribution in [-0.4, -0.2) is 54.8 Å². The van der Waals surface area contributed by atoms with Crippen LogP contribution in [-0.2, 0) is 9.47 Å². The van der Waals surface area contributed by atoms with Gasteiger partial charge in [0, 0.05) is 15.9 Å². The molecule has 162 valence electrons. The van der Waals surface area contributed by atoms with E-state index in [1.165, 1.54) is 6.33 Å². The van der Waals surface area contributed by atoms with E-state index in [4.69, 9.17) is 30.5 Å². The molecule has 5 rings (SSSR count). The molecule has 1 aromatic heterocycles. The number of fused-ring (bicyclic) bond motifs is 2. The van der Waals surface area contributed by atoms with E-state index in [1.54, 1.807) is 25.3 Å². The first-order valence-electron chi connectivity index (χ1n) is 9.62. The monoisotopic (exact) mass is 509 g/mol. The zero-order valence-corrected chi connectivity index (χ0v) is 18.7. The van der Waals surface area contributed by atoms with Crippen LogP contribution in [0.5, 0.6) is 11.5 Å². The molecule has 0 aliphatic carbocycles. The van der Waals surface area contributed by atoms with Crippen LogP contribution in [0, 0.1) is 0 Å². The van der Waals surface area contributed by atoms with Crippen molar-refractivity contribution in [2.45, 2.75) is 24.5 Å². The maximum atomic E-state index is 13.9. The number of hydrogen-bond acceptors (Lipinski definition) is 7. The average molecular weight is 511 g/mol.